The number of hydrogen-bond donors (Lipinski definition) is 1. The Kier molecular flexibility index (Phi) is 7.06. The normalized spacial score (nSPS) is 15.5. The third-order valence-electron chi connectivity index (χ3n) is 4.88. The monoisotopic (exact) mass is 443 g/mol. The summed E-state index contributed by atoms with van der Waals surface area (Å²) in [6.07, 6.45) is 0.0815. The van der Waals surface area contributed by atoms with E-state index in [1.807, 2.05) is 0 Å². The predicted molar refractivity (Wildman–Crippen MR) is 120 cm³/mol. The molecular weight excluding hydrogens is 418 g/mol. The van der Waals surface area contributed by atoms with Crippen molar-refractivity contribution in [1.82, 2.24) is 4.90 Å². The molecule has 0 bridgehead atoms. The molecule has 3 rings (SSSR count). The van der Waals surface area contributed by atoms with E-state index in [0.29, 0.717) is 27.8 Å². The molecule has 0 saturated carbocycles. The van der Waals surface area contributed by atoms with Crippen LogP contribution in [0.25, 0.3) is 0 Å². The Bertz CT molecular complexity index is 995. The first-order valence-electron chi connectivity index (χ1n) is 9.65. The SMILES string of the molecule is COc1ccc(OC)c(N2CC(C(=O)Nc3ccccc3SC(=O)N(C)C)CC2=O)c1. The van der Waals surface area contributed by atoms with Gasteiger partial charge in [-0.2, -0.15) is 0 Å². The van der Waals surface area contributed by atoms with Crippen LogP contribution in [0, 0.1) is 5.92 Å². The Morgan fingerprint density at radius 2 is 1.87 bits per heavy atom. The van der Waals surface area contributed by atoms with E-state index in [1.54, 1.807) is 68.6 Å². The van der Waals surface area contributed by atoms with Gasteiger partial charge in [-0.1, -0.05) is 12.1 Å². The summed E-state index contributed by atoms with van der Waals surface area (Å²) >= 11 is 1.03. The quantitative estimate of drug-likeness (QED) is 0.688. The van der Waals surface area contributed by atoms with Gasteiger partial charge >= 0.3 is 0 Å². The molecule has 8 nitrogen and oxygen atoms in total. The first kappa shape index (κ1) is 22.5. The number of amides is 3. The summed E-state index contributed by atoms with van der Waals surface area (Å²) in [6.45, 7) is 0.222. The molecule has 1 aliphatic heterocycles. The summed E-state index contributed by atoms with van der Waals surface area (Å²) in [5, 5.41) is 2.73. The molecule has 0 radical (unpaired) electrons. The number of ether oxygens (including phenoxy) is 2. The van der Waals surface area contributed by atoms with Gasteiger partial charge in [0.25, 0.3) is 5.24 Å². The number of rotatable bonds is 6. The summed E-state index contributed by atoms with van der Waals surface area (Å²) in [6, 6.07) is 12.3. The van der Waals surface area contributed by atoms with Crippen LogP contribution >= 0.6 is 11.8 Å². The molecule has 1 aliphatic rings. The van der Waals surface area contributed by atoms with Crippen molar-refractivity contribution in [3.8, 4) is 11.5 Å². The van der Waals surface area contributed by atoms with Crippen molar-refractivity contribution in [1.29, 1.82) is 0 Å². The summed E-state index contributed by atoms with van der Waals surface area (Å²) in [5.41, 5.74) is 1.10. The molecule has 3 amide bonds. The van der Waals surface area contributed by atoms with E-state index in [9.17, 15) is 14.4 Å². The number of hydrogen-bond acceptors (Lipinski definition) is 6. The van der Waals surface area contributed by atoms with Gasteiger partial charge in [-0.3, -0.25) is 14.4 Å². The lowest BCUT2D eigenvalue weighted by molar-refractivity contribution is -0.122. The molecule has 1 unspecified atom stereocenters. The maximum atomic E-state index is 12.9. The van der Waals surface area contributed by atoms with Gasteiger partial charge in [0, 0.05) is 38.0 Å². The molecule has 0 aromatic heterocycles. The molecule has 1 fully saturated rings. The van der Waals surface area contributed by atoms with Crippen molar-refractivity contribution < 1.29 is 23.9 Å². The van der Waals surface area contributed by atoms with Crippen LogP contribution in [-0.4, -0.2) is 56.8 Å². The molecule has 1 heterocycles. The van der Waals surface area contributed by atoms with Gasteiger partial charge < -0.3 is 24.6 Å². The average Bonchev–Trinajstić information content (AvgIpc) is 3.16. The van der Waals surface area contributed by atoms with Gasteiger partial charge in [0.15, 0.2) is 0 Å². The van der Waals surface area contributed by atoms with Crippen LogP contribution in [0.15, 0.2) is 47.4 Å². The number of anilines is 2. The van der Waals surface area contributed by atoms with E-state index < -0.39 is 5.92 Å². The highest BCUT2D eigenvalue weighted by molar-refractivity contribution is 8.13. The van der Waals surface area contributed by atoms with Crippen LogP contribution in [0.1, 0.15) is 6.42 Å². The van der Waals surface area contributed by atoms with E-state index in [0.717, 1.165) is 11.8 Å². The summed E-state index contributed by atoms with van der Waals surface area (Å²) in [5.74, 6) is 0.137. The fourth-order valence-electron chi connectivity index (χ4n) is 3.20. The molecule has 0 spiro atoms. The molecule has 1 atom stereocenters. The lowest BCUT2D eigenvalue weighted by Gasteiger charge is -2.20. The van der Waals surface area contributed by atoms with Crippen molar-refractivity contribution in [3.63, 3.8) is 0 Å². The first-order chi connectivity index (χ1) is 14.8. The van der Waals surface area contributed by atoms with Crippen molar-refractivity contribution in [2.75, 3.05) is 45.1 Å². The first-order valence-corrected chi connectivity index (χ1v) is 10.5. The second kappa shape index (κ2) is 9.74. The standard InChI is InChI=1S/C22H25N3O5S/c1-24(2)22(28)31-19-8-6-5-7-16(19)23-21(27)14-11-20(26)25(13-14)17-12-15(29-3)9-10-18(17)30-4/h5-10,12,14H,11,13H2,1-4H3,(H,23,27). The smallest absolute Gasteiger partial charge is 0.286 e. The summed E-state index contributed by atoms with van der Waals surface area (Å²) in [7, 11) is 6.41. The molecule has 31 heavy (non-hydrogen) atoms. The van der Waals surface area contributed by atoms with Crippen LogP contribution in [0.5, 0.6) is 11.5 Å². The van der Waals surface area contributed by atoms with Crippen molar-refractivity contribution in [2.24, 2.45) is 5.92 Å². The Balaban J connectivity index is 1.76. The molecule has 2 aromatic carbocycles. The highest BCUT2D eigenvalue weighted by Gasteiger charge is 2.36. The number of carbonyl (C=O) groups is 3. The van der Waals surface area contributed by atoms with Gasteiger partial charge in [0.2, 0.25) is 11.8 Å². The highest BCUT2D eigenvalue weighted by atomic mass is 32.2. The molecule has 9 heteroatoms. The zero-order valence-electron chi connectivity index (χ0n) is 17.9. The van der Waals surface area contributed by atoms with Gasteiger partial charge in [0.05, 0.1) is 31.5 Å². The third kappa shape index (κ3) is 5.11. The third-order valence-corrected chi connectivity index (χ3v) is 6.00. The highest BCUT2D eigenvalue weighted by Crippen LogP contribution is 2.36. The fraction of sp³-hybridized carbons (Fsp3) is 0.318. The zero-order valence-corrected chi connectivity index (χ0v) is 18.7. The van der Waals surface area contributed by atoms with Gasteiger partial charge in [0.1, 0.15) is 11.5 Å². The van der Waals surface area contributed by atoms with E-state index in [-0.39, 0.29) is 30.0 Å². The Labute approximate surface area is 185 Å². The molecule has 0 aliphatic carbocycles. The number of methoxy groups -OCH3 is 2. The zero-order chi connectivity index (χ0) is 22.5. The van der Waals surface area contributed by atoms with Gasteiger partial charge in [-0.25, -0.2) is 0 Å². The molecule has 1 N–H and O–H groups in total. The number of carbonyl (C=O) groups excluding carboxylic acids is 3. The van der Waals surface area contributed by atoms with Crippen LogP contribution in [0.2, 0.25) is 0 Å². The lowest BCUT2D eigenvalue weighted by atomic mass is 10.1. The predicted octanol–water partition coefficient (Wildman–Crippen LogP) is 3.47. The second-order valence-corrected chi connectivity index (χ2v) is 8.18. The van der Waals surface area contributed by atoms with Crippen molar-refractivity contribution >= 4 is 40.2 Å². The summed E-state index contributed by atoms with van der Waals surface area (Å²) < 4.78 is 10.6. The van der Waals surface area contributed by atoms with E-state index >= 15 is 0 Å². The maximum Gasteiger partial charge on any atom is 0.286 e. The Morgan fingerprint density at radius 1 is 1.13 bits per heavy atom. The minimum absolute atomic E-state index is 0.0815. The average molecular weight is 444 g/mol. The maximum absolute atomic E-state index is 12.9. The molecule has 2 aromatic rings. The van der Waals surface area contributed by atoms with Crippen LogP contribution in [0.3, 0.4) is 0 Å². The lowest BCUT2D eigenvalue weighted by Crippen LogP contribution is -2.28. The molecular formula is C22H25N3O5S. The number of nitrogens with one attached hydrogen (secondary N) is 1. The topological polar surface area (TPSA) is 88.2 Å². The van der Waals surface area contributed by atoms with Crippen molar-refractivity contribution in [2.45, 2.75) is 11.3 Å². The van der Waals surface area contributed by atoms with Gasteiger partial charge in [-0.05, 0) is 36.0 Å². The van der Waals surface area contributed by atoms with Crippen molar-refractivity contribution in [3.05, 3.63) is 42.5 Å². The minimum Gasteiger partial charge on any atom is -0.497 e. The largest absolute Gasteiger partial charge is 0.497 e. The number of benzene rings is 2. The number of nitrogens with zero attached hydrogens (tertiary/aromatic N) is 2. The second-order valence-electron chi connectivity index (χ2n) is 7.19. The number of thioether (sulfide) groups is 1. The molecule has 1 saturated heterocycles. The Hall–Kier alpha value is -3.20. The van der Waals surface area contributed by atoms with Crippen LogP contribution in [0.4, 0.5) is 16.2 Å². The van der Waals surface area contributed by atoms with E-state index in [2.05, 4.69) is 5.32 Å². The van der Waals surface area contributed by atoms with E-state index in [4.69, 9.17) is 9.47 Å². The fourth-order valence-corrected chi connectivity index (χ4v) is 3.95. The van der Waals surface area contributed by atoms with Crippen LogP contribution in [-0.2, 0) is 9.59 Å². The van der Waals surface area contributed by atoms with E-state index in [1.165, 1.54) is 12.0 Å². The Morgan fingerprint density at radius 3 is 2.55 bits per heavy atom. The molecule has 164 valence electrons. The summed E-state index contributed by atoms with van der Waals surface area (Å²) in [4.78, 5) is 41.4. The van der Waals surface area contributed by atoms with Crippen LogP contribution < -0.4 is 19.7 Å². The minimum atomic E-state index is -0.536. The van der Waals surface area contributed by atoms with Gasteiger partial charge in [-0.15, -0.1) is 0 Å². The number of para-hydroxylation sites is 1.